The molecule has 0 saturated carbocycles. The van der Waals surface area contributed by atoms with Crippen molar-refractivity contribution in [2.24, 2.45) is 0 Å². The van der Waals surface area contributed by atoms with E-state index in [9.17, 15) is 17.6 Å². The van der Waals surface area contributed by atoms with Gasteiger partial charge in [0.25, 0.3) is 0 Å². The van der Waals surface area contributed by atoms with E-state index in [-0.39, 0.29) is 27.5 Å². The second-order valence-electron chi connectivity index (χ2n) is 9.26. The van der Waals surface area contributed by atoms with Gasteiger partial charge in [0.05, 0.1) is 53.8 Å². The smallest absolute Gasteiger partial charge is 0.193 e. The number of thiophene rings is 1. The van der Waals surface area contributed by atoms with Gasteiger partial charge in [-0.05, 0) is 41.8 Å². The highest BCUT2D eigenvalue weighted by atomic mass is 35.5. The molecule has 4 aromatic rings. The molecule has 3 heterocycles. The molecule has 1 N–H and O–H groups in total. The number of ketones is 1. The number of nitrogens with zero attached hydrogens (tertiary/aromatic N) is 2. The Hall–Kier alpha value is -2.83. The first-order valence-electron chi connectivity index (χ1n) is 12.4. The lowest BCUT2D eigenvalue weighted by atomic mass is 10.0. The van der Waals surface area contributed by atoms with Gasteiger partial charge in [0.1, 0.15) is 9.96 Å². The lowest BCUT2D eigenvalue weighted by molar-refractivity contribution is -0.123. The van der Waals surface area contributed by atoms with Gasteiger partial charge in [-0.3, -0.25) is 9.48 Å². The largest absolute Gasteiger partial charge is 0.493 e. The molecule has 12 heteroatoms. The Balaban J connectivity index is 1.41. The maximum atomic E-state index is 14.7. The second-order valence-corrected chi connectivity index (χ2v) is 13.2. The van der Waals surface area contributed by atoms with Gasteiger partial charge in [-0.2, -0.15) is 5.10 Å². The predicted molar refractivity (Wildman–Crippen MR) is 148 cm³/mol. The summed E-state index contributed by atoms with van der Waals surface area (Å²) >= 11 is 6.92. The summed E-state index contributed by atoms with van der Waals surface area (Å²) < 4.78 is 53.8. The molecule has 0 unspecified atom stereocenters. The minimum Gasteiger partial charge on any atom is -0.493 e. The number of morpholine rings is 1. The average molecular weight is 592 g/mol. The molecule has 1 saturated heterocycles. The van der Waals surface area contributed by atoms with E-state index >= 15 is 0 Å². The molecule has 1 atom stereocenters. The van der Waals surface area contributed by atoms with Crippen molar-refractivity contribution < 1.29 is 27.1 Å². The fourth-order valence-corrected chi connectivity index (χ4v) is 7.55. The zero-order chi connectivity index (χ0) is 27.6. The Kier molecular flexibility index (Phi) is 8.34. The Morgan fingerprint density at radius 3 is 2.79 bits per heavy atom. The van der Waals surface area contributed by atoms with Crippen LogP contribution in [0, 0.1) is 5.82 Å². The Labute approximate surface area is 234 Å². The second kappa shape index (κ2) is 11.7. The van der Waals surface area contributed by atoms with Gasteiger partial charge < -0.3 is 14.8 Å². The van der Waals surface area contributed by atoms with E-state index in [1.54, 1.807) is 10.7 Å². The Morgan fingerprint density at radius 1 is 1.26 bits per heavy atom. The van der Waals surface area contributed by atoms with E-state index in [0.717, 1.165) is 22.5 Å². The number of methoxy groups -OCH3 is 1. The summed E-state index contributed by atoms with van der Waals surface area (Å²) in [5.41, 5.74) is 2.64. The van der Waals surface area contributed by atoms with E-state index in [1.807, 2.05) is 24.3 Å². The van der Waals surface area contributed by atoms with Gasteiger partial charge in [-0.25, -0.2) is 12.8 Å². The van der Waals surface area contributed by atoms with Crippen LogP contribution >= 0.6 is 22.9 Å². The molecule has 0 spiro atoms. The van der Waals surface area contributed by atoms with Crippen LogP contribution in [-0.2, 0) is 38.1 Å². The lowest BCUT2D eigenvalue weighted by Crippen LogP contribution is -2.46. The summed E-state index contributed by atoms with van der Waals surface area (Å²) in [7, 11) is -2.44. The number of ether oxygens (including phenoxy) is 2. The topological polar surface area (TPSA) is 99.5 Å². The van der Waals surface area contributed by atoms with Crippen molar-refractivity contribution in [3.8, 4) is 5.75 Å². The van der Waals surface area contributed by atoms with Crippen LogP contribution in [-0.4, -0.2) is 56.9 Å². The average Bonchev–Trinajstić information content (AvgIpc) is 3.52. The van der Waals surface area contributed by atoms with Crippen LogP contribution in [0.5, 0.6) is 5.75 Å². The van der Waals surface area contributed by atoms with Crippen molar-refractivity contribution in [2.75, 3.05) is 26.9 Å². The van der Waals surface area contributed by atoms with Crippen molar-refractivity contribution in [1.29, 1.82) is 0 Å². The van der Waals surface area contributed by atoms with Gasteiger partial charge in [-0.1, -0.05) is 35.9 Å². The van der Waals surface area contributed by atoms with Crippen LogP contribution in [0.15, 0.2) is 52.7 Å². The van der Waals surface area contributed by atoms with Crippen molar-refractivity contribution in [3.05, 3.63) is 75.5 Å². The normalized spacial score (nSPS) is 16.0. The molecule has 0 amide bonds. The number of nitrogens with one attached hydrogen (secondary N) is 1. The highest BCUT2D eigenvalue weighted by molar-refractivity contribution is 7.92. The number of hydrogen-bond acceptors (Lipinski definition) is 8. The zero-order valence-corrected chi connectivity index (χ0v) is 23.5. The number of Topliss-reactive ketones (excluding diaryl/α,β-unsaturated/α-hetero) is 1. The molecular formula is C27H27ClFN3O5S2. The van der Waals surface area contributed by atoms with Gasteiger partial charge in [-0.15, -0.1) is 11.3 Å². The first kappa shape index (κ1) is 27.7. The number of fused-ring (bicyclic) bond motifs is 1. The maximum Gasteiger partial charge on any atom is 0.193 e. The first-order valence-corrected chi connectivity index (χ1v) is 15.2. The molecule has 0 bridgehead atoms. The van der Waals surface area contributed by atoms with Crippen molar-refractivity contribution in [3.63, 3.8) is 0 Å². The molecule has 2 aromatic heterocycles. The Bertz CT molecular complexity index is 1610. The molecule has 0 radical (unpaired) electrons. The van der Waals surface area contributed by atoms with Gasteiger partial charge in [0, 0.05) is 13.0 Å². The van der Waals surface area contributed by atoms with Crippen LogP contribution in [0.2, 0.25) is 4.34 Å². The number of hydrogen-bond donors (Lipinski definition) is 1. The highest BCUT2D eigenvalue weighted by Crippen LogP contribution is 2.35. The van der Waals surface area contributed by atoms with Gasteiger partial charge >= 0.3 is 0 Å². The molecular weight excluding hydrogens is 565 g/mol. The first-order chi connectivity index (χ1) is 18.7. The summed E-state index contributed by atoms with van der Waals surface area (Å²) in [5, 5.41) is 8.10. The van der Waals surface area contributed by atoms with Crippen molar-refractivity contribution >= 4 is 49.5 Å². The Morgan fingerprint density at radius 2 is 2.08 bits per heavy atom. The zero-order valence-electron chi connectivity index (χ0n) is 21.2. The van der Waals surface area contributed by atoms with E-state index < -0.39 is 21.4 Å². The van der Waals surface area contributed by atoms with Gasteiger partial charge in [0.15, 0.2) is 27.2 Å². The number of halogens is 2. The van der Waals surface area contributed by atoms with Crippen LogP contribution < -0.4 is 10.1 Å². The molecule has 1 fully saturated rings. The van der Waals surface area contributed by atoms with Gasteiger partial charge in [0.2, 0.25) is 0 Å². The number of rotatable bonds is 10. The number of sulfone groups is 1. The monoisotopic (exact) mass is 591 g/mol. The maximum absolute atomic E-state index is 14.7. The van der Waals surface area contributed by atoms with Crippen LogP contribution in [0.4, 0.5) is 4.39 Å². The van der Waals surface area contributed by atoms with E-state index in [4.69, 9.17) is 21.1 Å². The van der Waals surface area contributed by atoms with E-state index in [1.165, 1.54) is 25.3 Å². The molecule has 206 valence electrons. The summed E-state index contributed by atoms with van der Waals surface area (Å²) in [6, 6.07) is 13.4. The van der Waals surface area contributed by atoms with Crippen molar-refractivity contribution in [2.45, 2.75) is 35.4 Å². The number of aromatic nitrogens is 2. The molecule has 39 heavy (non-hydrogen) atoms. The third kappa shape index (κ3) is 6.17. The third-order valence-corrected chi connectivity index (χ3v) is 10.0. The number of carbonyl (C=O) groups excluding carboxylic acids is 1. The molecule has 5 rings (SSSR count). The number of benzene rings is 2. The lowest BCUT2D eigenvalue weighted by Gasteiger charge is -2.22. The number of carbonyl (C=O) groups is 1. The fourth-order valence-electron chi connectivity index (χ4n) is 4.70. The fraction of sp³-hybridized carbons (Fsp3) is 0.333. The summed E-state index contributed by atoms with van der Waals surface area (Å²) in [6.07, 6.45) is 0.969. The highest BCUT2D eigenvalue weighted by Gasteiger charge is 2.26. The molecule has 8 nitrogen and oxygen atoms in total. The number of aryl methyl sites for hydroxylation is 1. The summed E-state index contributed by atoms with van der Waals surface area (Å²) in [4.78, 5) is 12.5. The SMILES string of the molecule is COc1c(F)ccc2c1c(CS(=O)(=O)c1ccc(Cl)s1)nn2Cc1cccc(CCC(=O)[C@H]2COCCN2)c1. The quantitative estimate of drug-likeness (QED) is 0.292. The predicted octanol–water partition coefficient (Wildman–Crippen LogP) is 4.41. The summed E-state index contributed by atoms with van der Waals surface area (Å²) in [6.45, 7) is 1.99. The minimum absolute atomic E-state index is 0.0549. The molecule has 1 aliphatic rings. The van der Waals surface area contributed by atoms with Crippen LogP contribution in [0.3, 0.4) is 0 Å². The third-order valence-electron chi connectivity index (χ3n) is 6.58. The van der Waals surface area contributed by atoms with E-state index in [2.05, 4.69) is 10.4 Å². The molecule has 0 aliphatic carbocycles. The minimum atomic E-state index is -3.78. The molecule has 2 aromatic carbocycles. The standard InChI is InChI=1S/C27H27ClFN3O5S2/c1-36-27-19(29)6-7-22-26(27)21(16-39(34,35)25-10-9-24(28)38-25)31-32(22)14-18-4-2-3-17(13-18)5-8-23(33)20-15-37-12-11-30-20/h2-4,6-7,9-10,13,20,30H,5,8,11-12,14-16H2,1H3/t20-/m1/s1. The molecule has 1 aliphatic heterocycles. The summed E-state index contributed by atoms with van der Waals surface area (Å²) in [5.74, 6) is -0.980. The van der Waals surface area contributed by atoms with Crippen LogP contribution in [0.1, 0.15) is 23.2 Å². The van der Waals surface area contributed by atoms with Crippen molar-refractivity contribution in [1.82, 2.24) is 15.1 Å². The van der Waals surface area contributed by atoms with E-state index in [0.29, 0.717) is 54.4 Å². The van der Waals surface area contributed by atoms with Crippen LogP contribution in [0.25, 0.3) is 10.9 Å².